The summed E-state index contributed by atoms with van der Waals surface area (Å²) in [5.41, 5.74) is 0. The molecule has 0 aliphatic rings. The van der Waals surface area contributed by atoms with Crippen LogP contribution in [0.5, 0.6) is 0 Å². The molecule has 0 nitrogen and oxygen atoms in total. The number of rotatable bonds is 4. The third-order valence-electron chi connectivity index (χ3n) is 1.10. The summed E-state index contributed by atoms with van der Waals surface area (Å²) in [5.74, 6) is 0. The molecule has 0 unspecified atom stereocenters. The Morgan fingerprint density at radius 3 is 1.82 bits per heavy atom. The second-order valence-electron chi connectivity index (χ2n) is 2.16. The van der Waals surface area contributed by atoms with E-state index in [-0.39, 0.29) is 0 Å². The molecule has 0 amide bonds. The third kappa shape index (κ3) is 33.8. The van der Waals surface area contributed by atoms with E-state index in [1.165, 1.54) is 25.7 Å². The number of halogens is 3. The Bertz CT molecular complexity index is 52.9. The second kappa shape index (κ2) is 14.3. The van der Waals surface area contributed by atoms with Gasteiger partial charge in [-0.3, -0.25) is 0 Å². The fourth-order valence-electron chi connectivity index (χ4n) is 0.604. The third-order valence-corrected chi connectivity index (χ3v) is 1.10. The van der Waals surface area contributed by atoms with Crippen LogP contribution in [0, 0.1) is 6.92 Å². The Hall–Kier alpha value is 1.74. The molecular formula is C7H15Cl3In. The van der Waals surface area contributed by atoms with Gasteiger partial charge < -0.3 is 0 Å². The number of hydrogen-bond acceptors (Lipinski definition) is 0. The maximum atomic E-state index is 5.02. The van der Waals surface area contributed by atoms with Gasteiger partial charge in [0.25, 0.3) is 0 Å². The van der Waals surface area contributed by atoms with Gasteiger partial charge in [-0.2, -0.15) is 0 Å². The Labute approximate surface area is 88.9 Å². The standard InChI is InChI=1S/C7H15.3ClH.In/c1-3-5-7-6-4-2;;;;/h1,3-7H2,2H3;3*1H;/q;;;;+3/p-3. The predicted molar refractivity (Wildman–Crippen MR) is 57.4 cm³/mol. The van der Waals surface area contributed by atoms with Crippen LogP contribution in [0.1, 0.15) is 39.0 Å². The minimum absolute atomic E-state index is 1.11. The molecule has 0 aromatic rings. The van der Waals surface area contributed by atoms with E-state index in [4.69, 9.17) is 25.7 Å². The van der Waals surface area contributed by atoms with E-state index in [0.717, 1.165) is 6.42 Å². The van der Waals surface area contributed by atoms with Crippen molar-refractivity contribution in [2.24, 2.45) is 0 Å². The van der Waals surface area contributed by atoms with Gasteiger partial charge in [0.2, 0.25) is 0 Å². The summed E-state index contributed by atoms with van der Waals surface area (Å²) in [6.45, 7) is 5.98. The van der Waals surface area contributed by atoms with Gasteiger partial charge in [-0.05, 0) is 0 Å². The number of unbranched alkanes of at least 4 members (excludes halogenated alkanes) is 4. The summed E-state index contributed by atoms with van der Waals surface area (Å²) in [6.07, 6.45) is 6.52. The molecule has 0 heterocycles. The molecule has 0 bridgehead atoms. The molecule has 0 spiro atoms. The van der Waals surface area contributed by atoms with Gasteiger partial charge in [0.15, 0.2) is 0 Å². The van der Waals surface area contributed by atoms with Crippen LogP contribution in [-0.4, -0.2) is 17.9 Å². The van der Waals surface area contributed by atoms with Crippen molar-refractivity contribution in [3.05, 3.63) is 6.92 Å². The van der Waals surface area contributed by atoms with E-state index in [9.17, 15) is 0 Å². The Morgan fingerprint density at radius 2 is 1.55 bits per heavy atom. The van der Waals surface area contributed by atoms with Crippen molar-refractivity contribution in [1.82, 2.24) is 0 Å². The van der Waals surface area contributed by atoms with Gasteiger partial charge in [-0.15, -0.1) is 0 Å². The monoisotopic (exact) mass is 319 g/mol. The van der Waals surface area contributed by atoms with E-state index in [1.54, 1.807) is 0 Å². The summed E-state index contributed by atoms with van der Waals surface area (Å²) in [5, 5.41) is 0. The van der Waals surface area contributed by atoms with E-state index in [0.29, 0.717) is 0 Å². The molecule has 0 saturated heterocycles. The van der Waals surface area contributed by atoms with Crippen LogP contribution in [-0.2, 0) is 0 Å². The first-order valence-electron chi connectivity index (χ1n) is 3.86. The molecule has 67 valence electrons. The van der Waals surface area contributed by atoms with E-state index >= 15 is 0 Å². The van der Waals surface area contributed by atoms with Gasteiger partial charge in [-0.1, -0.05) is 46.0 Å². The zero-order valence-corrected chi connectivity index (χ0v) is 12.5. The molecule has 0 aromatic heterocycles. The molecule has 0 N–H and O–H groups in total. The molecule has 0 aliphatic heterocycles. The van der Waals surface area contributed by atoms with Gasteiger partial charge in [0.05, 0.1) is 0 Å². The molecule has 1 radical (unpaired) electrons. The van der Waals surface area contributed by atoms with Crippen LogP contribution < -0.4 is 0 Å². The summed E-state index contributed by atoms with van der Waals surface area (Å²) < 4.78 is 0. The van der Waals surface area contributed by atoms with Crippen molar-refractivity contribution in [3.8, 4) is 0 Å². The van der Waals surface area contributed by atoms with Gasteiger partial charge >= 0.3 is 43.6 Å². The molecule has 0 fully saturated rings. The van der Waals surface area contributed by atoms with Crippen molar-refractivity contribution in [2.75, 3.05) is 0 Å². The van der Waals surface area contributed by atoms with Crippen molar-refractivity contribution in [3.63, 3.8) is 0 Å². The van der Waals surface area contributed by atoms with Crippen molar-refractivity contribution < 1.29 is 0 Å². The number of hydrogen-bond donors (Lipinski definition) is 0. The van der Waals surface area contributed by atoms with E-state index in [1.807, 2.05) is 0 Å². The Morgan fingerprint density at radius 1 is 1.09 bits per heavy atom. The average molecular weight is 320 g/mol. The molecule has 0 saturated carbocycles. The van der Waals surface area contributed by atoms with Crippen molar-refractivity contribution in [1.29, 1.82) is 0 Å². The van der Waals surface area contributed by atoms with Crippen molar-refractivity contribution in [2.45, 2.75) is 39.0 Å². The summed E-state index contributed by atoms with van der Waals surface area (Å²) in [6, 6.07) is 0. The Kier molecular flexibility index (Phi) is 19.8. The second-order valence-corrected chi connectivity index (χ2v) is 16.9. The van der Waals surface area contributed by atoms with Gasteiger partial charge in [0.1, 0.15) is 0 Å². The van der Waals surface area contributed by atoms with Crippen molar-refractivity contribution >= 4 is 43.6 Å². The topological polar surface area (TPSA) is 0 Å². The molecule has 4 heteroatoms. The van der Waals surface area contributed by atoms with Gasteiger partial charge in [-0.25, -0.2) is 0 Å². The normalized spacial score (nSPS) is 8.45. The fraction of sp³-hybridized carbons (Fsp3) is 0.857. The van der Waals surface area contributed by atoms with E-state index in [2.05, 4.69) is 13.8 Å². The van der Waals surface area contributed by atoms with Gasteiger partial charge in [0, 0.05) is 0 Å². The van der Waals surface area contributed by atoms with Crippen LogP contribution >= 0.6 is 25.7 Å². The molecule has 0 rings (SSSR count). The average Bonchev–Trinajstić information content (AvgIpc) is 1.88. The quantitative estimate of drug-likeness (QED) is 0.670. The minimum atomic E-state index is -2.22. The SMILES string of the molecule is [CH2]CCCCCC.[Cl][In]([Cl])[Cl]. The van der Waals surface area contributed by atoms with Crippen LogP contribution in [0.25, 0.3) is 0 Å². The van der Waals surface area contributed by atoms with E-state index < -0.39 is 17.9 Å². The molecular weight excluding hydrogens is 305 g/mol. The van der Waals surface area contributed by atoms with Crippen LogP contribution in [0.3, 0.4) is 0 Å². The van der Waals surface area contributed by atoms with Crippen LogP contribution in [0.15, 0.2) is 0 Å². The molecule has 0 aliphatic carbocycles. The summed E-state index contributed by atoms with van der Waals surface area (Å²) in [4.78, 5) is 0. The Balaban J connectivity index is 0. The summed E-state index contributed by atoms with van der Waals surface area (Å²) in [7, 11) is 15.0. The molecule has 11 heavy (non-hydrogen) atoms. The van der Waals surface area contributed by atoms with Crippen LogP contribution in [0.2, 0.25) is 0 Å². The molecule has 0 atom stereocenters. The predicted octanol–water partition coefficient (Wildman–Crippen LogP) is 4.48. The first kappa shape index (κ1) is 15.2. The zero-order valence-electron chi connectivity index (χ0n) is 6.95. The summed E-state index contributed by atoms with van der Waals surface area (Å²) >= 11 is -2.22. The maximum absolute atomic E-state index is 5.02. The first-order chi connectivity index (χ1) is 5.15. The zero-order chi connectivity index (χ0) is 9.11. The molecule has 0 aromatic carbocycles. The van der Waals surface area contributed by atoms with Crippen LogP contribution in [0.4, 0.5) is 0 Å². The first-order valence-corrected chi connectivity index (χ1v) is 16.4. The fourth-order valence-corrected chi connectivity index (χ4v) is 0.604.